The van der Waals surface area contributed by atoms with Crippen LogP contribution >= 0.6 is 11.3 Å². The Morgan fingerprint density at radius 2 is 1.02 bits per heavy atom. The highest BCUT2D eigenvalue weighted by Crippen LogP contribution is 2.43. The topological polar surface area (TPSA) is 29.3 Å². The number of rotatable bonds is 7. The zero-order valence-corrected chi connectivity index (χ0v) is 31.7. The number of benzene rings is 9. The number of fused-ring (bicyclic) bond motifs is 5. The summed E-state index contributed by atoms with van der Waals surface area (Å²) >= 11 is 1.72. The summed E-state index contributed by atoms with van der Waals surface area (Å²) in [5.74, 6) is 0. The molecule has 11 rings (SSSR count). The van der Waals surface area contributed by atoms with Crippen LogP contribution in [0.2, 0.25) is 0 Å². The molecule has 0 amide bonds. The van der Waals surface area contributed by atoms with Gasteiger partial charge in [0.15, 0.2) is 0 Å². The van der Waals surface area contributed by atoms with Crippen LogP contribution in [0.4, 0.5) is 17.1 Å². The van der Waals surface area contributed by atoms with Gasteiger partial charge in [-0.25, -0.2) is 4.98 Å². The fourth-order valence-corrected chi connectivity index (χ4v) is 9.05. The van der Waals surface area contributed by atoms with E-state index in [-0.39, 0.29) is 0 Å². The maximum atomic E-state index is 6.48. The van der Waals surface area contributed by atoms with Crippen molar-refractivity contribution in [2.75, 3.05) is 4.90 Å². The van der Waals surface area contributed by atoms with Gasteiger partial charge in [0.05, 0.1) is 10.2 Å². The summed E-state index contributed by atoms with van der Waals surface area (Å²) in [6, 6.07) is 73.5. The number of thiazole rings is 1. The predicted molar refractivity (Wildman–Crippen MR) is 241 cm³/mol. The number of aromatic nitrogens is 1. The molecule has 2 aromatic heterocycles. The van der Waals surface area contributed by atoms with E-state index in [0.717, 1.165) is 70.9 Å². The van der Waals surface area contributed by atoms with Crippen molar-refractivity contribution in [1.29, 1.82) is 0 Å². The highest BCUT2D eigenvalue weighted by molar-refractivity contribution is 7.21. The summed E-state index contributed by atoms with van der Waals surface area (Å²) in [5.41, 5.74) is 14.1. The van der Waals surface area contributed by atoms with Crippen molar-refractivity contribution >= 4 is 71.3 Å². The van der Waals surface area contributed by atoms with E-state index in [1.807, 2.05) is 6.07 Å². The van der Waals surface area contributed by atoms with Gasteiger partial charge >= 0.3 is 0 Å². The van der Waals surface area contributed by atoms with Gasteiger partial charge in [-0.1, -0.05) is 146 Å². The minimum absolute atomic E-state index is 0.850. The third kappa shape index (κ3) is 6.04. The van der Waals surface area contributed by atoms with Gasteiger partial charge in [0.1, 0.15) is 16.2 Å². The first-order valence-corrected chi connectivity index (χ1v) is 20.0. The van der Waals surface area contributed by atoms with Gasteiger partial charge in [-0.15, -0.1) is 11.3 Å². The molecule has 0 aliphatic heterocycles. The molecule has 9 aromatic carbocycles. The molecule has 57 heavy (non-hydrogen) atoms. The molecular weight excluding hydrogens is 713 g/mol. The van der Waals surface area contributed by atoms with Crippen molar-refractivity contribution in [3.63, 3.8) is 0 Å². The molecule has 0 N–H and O–H groups in total. The number of nitrogens with zero attached hydrogens (tertiary/aromatic N) is 2. The summed E-state index contributed by atoms with van der Waals surface area (Å²) in [6.45, 7) is 0. The van der Waals surface area contributed by atoms with Gasteiger partial charge in [0.25, 0.3) is 0 Å². The number of hydrogen-bond donors (Lipinski definition) is 0. The lowest BCUT2D eigenvalue weighted by Gasteiger charge is -2.26. The number of anilines is 3. The SMILES string of the molecule is c1ccc(-c2ccc(N(c3ccc(-c4cccc5oc6cc7nc(-c8ccccc8)sc7cc6c45)cc3)c3cccc(-c4ccc5ccccc5c4)c3)cc2)cc1. The van der Waals surface area contributed by atoms with Gasteiger partial charge in [-0.05, 0) is 98.8 Å². The van der Waals surface area contributed by atoms with Crippen molar-refractivity contribution in [3.05, 3.63) is 206 Å². The third-order valence-corrected chi connectivity index (χ3v) is 11.9. The van der Waals surface area contributed by atoms with Crippen LogP contribution in [0.5, 0.6) is 0 Å². The van der Waals surface area contributed by atoms with Gasteiger partial charge in [-0.3, -0.25) is 0 Å². The Morgan fingerprint density at radius 1 is 0.404 bits per heavy atom. The molecule has 2 heterocycles. The fraction of sp³-hybridized carbons (Fsp3) is 0. The molecule has 0 saturated carbocycles. The second kappa shape index (κ2) is 13.8. The molecule has 0 atom stereocenters. The van der Waals surface area contributed by atoms with E-state index >= 15 is 0 Å². The highest BCUT2D eigenvalue weighted by atomic mass is 32.1. The summed E-state index contributed by atoms with van der Waals surface area (Å²) < 4.78 is 7.63. The van der Waals surface area contributed by atoms with Crippen LogP contribution in [0.15, 0.2) is 211 Å². The van der Waals surface area contributed by atoms with Gasteiger partial charge in [-0.2, -0.15) is 0 Å². The lowest BCUT2D eigenvalue weighted by atomic mass is 9.98. The van der Waals surface area contributed by atoms with Crippen LogP contribution in [0.3, 0.4) is 0 Å². The number of furan rings is 1. The lowest BCUT2D eigenvalue weighted by molar-refractivity contribution is 0.669. The smallest absolute Gasteiger partial charge is 0.137 e. The second-order valence-corrected chi connectivity index (χ2v) is 15.4. The minimum Gasteiger partial charge on any atom is -0.456 e. The molecule has 0 spiro atoms. The minimum atomic E-state index is 0.850. The molecule has 0 aliphatic rings. The van der Waals surface area contributed by atoms with Gasteiger partial charge in [0.2, 0.25) is 0 Å². The van der Waals surface area contributed by atoms with E-state index in [1.54, 1.807) is 11.3 Å². The highest BCUT2D eigenvalue weighted by Gasteiger charge is 2.18. The molecule has 4 heteroatoms. The van der Waals surface area contributed by atoms with Crippen molar-refractivity contribution in [2.45, 2.75) is 0 Å². The molecule has 0 fully saturated rings. The molecule has 0 unspecified atom stereocenters. The molecule has 268 valence electrons. The van der Waals surface area contributed by atoms with Crippen molar-refractivity contribution < 1.29 is 4.42 Å². The molecule has 3 nitrogen and oxygen atoms in total. The van der Waals surface area contributed by atoms with E-state index in [1.165, 1.54) is 33.0 Å². The molecular formula is C53H34N2OS. The standard InChI is InChI=1S/C53H34N2OS/c1-3-11-35(12-4-1)37-23-27-43(28-24-37)55(45-18-9-17-41(32-45)42-22-21-36-13-7-8-16-40(36)31-42)44-29-25-38(26-30-44)46-19-10-20-49-52(46)47-33-51-48(34-50(47)56-49)54-53(57-51)39-14-5-2-6-15-39/h1-34H. The summed E-state index contributed by atoms with van der Waals surface area (Å²) in [7, 11) is 0. The molecule has 0 saturated heterocycles. The van der Waals surface area contributed by atoms with Crippen molar-refractivity contribution in [1.82, 2.24) is 4.98 Å². The third-order valence-electron chi connectivity index (χ3n) is 10.9. The van der Waals surface area contributed by atoms with Gasteiger partial charge in [0, 0.05) is 39.5 Å². The summed E-state index contributed by atoms with van der Waals surface area (Å²) in [6.07, 6.45) is 0. The van der Waals surface area contributed by atoms with Crippen LogP contribution in [0, 0.1) is 0 Å². The monoisotopic (exact) mass is 746 g/mol. The van der Waals surface area contributed by atoms with Crippen LogP contribution in [-0.2, 0) is 0 Å². The average Bonchev–Trinajstić information content (AvgIpc) is 3.87. The van der Waals surface area contributed by atoms with E-state index in [2.05, 4.69) is 205 Å². The van der Waals surface area contributed by atoms with Crippen molar-refractivity contribution in [3.8, 4) is 44.0 Å². The predicted octanol–water partition coefficient (Wildman–Crippen LogP) is 15.5. The van der Waals surface area contributed by atoms with E-state index in [4.69, 9.17) is 9.40 Å². The molecule has 0 bridgehead atoms. The normalized spacial score (nSPS) is 11.5. The molecule has 0 aliphatic carbocycles. The van der Waals surface area contributed by atoms with E-state index in [0.29, 0.717) is 0 Å². The maximum absolute atomic E-state index is 6.48. The first-order chi connectivity index (χ1) is 28.2. The average molecular weight is 747 g/mol. The van der Waals surface area contributed by atoms with Crippen LogP contribution in [-0.4, -0.2) is 4.98 Å². The maximum Gasteiger partial charge on any atom is 0.137 e. The largest absolute Gasteiger partial charge is 0.456 e. The van der Waals surface area contributed by atoms with E-state index in [9.17, 15) is 0 Å². The second-order valence-electron chi connectivity index (χ2n) is 14.4. The van der Waals surface area contributed by atoms with Crippen LogP contribution < -0.4 is 4.90 Å². The zero-order chi connectivity index (χ0) is 37.7. The van der Waals surface area contributed by atoms with E-state index < -0.39 is 0 Å². The Labute approximate surface area is 334 Å². The Hall–Kier alpha value is -7.27. The van der Waals surface area contributed by atoms with Crippen molar-refractivity contribution in [2.24, 2.45) is 0 Å². The lowest BCUT2D eigenvalue weighted by Crippen LogP contribution is -2.10. The Morgan fingerprint density at radius 3 is 1.79 bits per heavy atom. The molecule has 11 aromatic rings. The summed E-state index contributed by atoms with van der Waals surface area (Å²) in [4.78, 5) is 7.32. The first kappa shape index (κ1) is 33.1. The van der Waals surface area contributed by atoms with Gasteiger partial charge < -0.3 is 9.32 Å². The van der Waals surface area contributed by atoms with Crippen LogP contribution in [0.1, 0.15) is 0 Å². The summed E-state index contributed by atoms with van der Waals surface area (Å²) in [5, 5.41) is 5.71. The first-order valence-electron chi connectivity index (χ1n) is 19.2. The number of hydrogen-bond acceptors (Lipinski definition) is 4. The quantitative estimate of drug-likeness (QED) is 0.163. The molecule has 0 radical (unpaired) electrons. The van der Waals surface area contributed by atoms with Crippen LogP contribution in [0.25, 0.3) is 86.9 Å². The Bertz CT molecular complexity index is 3220. The zero-order valence-electron chi connectivity index (χ0n) is 30.8. The Balaban J connectivity index is 1.00. The fourth-order valence-electron chi connectivity index (χ4n) is 8.06. The Kier molecular flexibility index (Phi) is 8.01.